The van der Waals surface area contributed by atoms with Crippen molar-refractivity contribution in [2.45, 2.75) is 23.3 Å². The third-order valence-electron chi connectivity index (χ3n) is 5.73. The third kappa shape index (κ3) is 5.90. The predicted octanol–water partition coefficient (Wildman–Crippen LogP) is 6.61. The zero-order chi connectivity index (χ0) is 25.5. The number of carbonyl (C=O) groups is 1. The molecule has 0 aliphatic carbocycles. The van der Waals surface area contributed by atoms with Gasteiger partial charge in [0.2, 0.25) is 0 Å². The number of nitrogens with one attached hydrogen (secondary N) is 2. The maximum absolute atomic E-state index is 13.1. The molecule has 0 saturated carbocycles. The lowest BCUT2D eigenvalue weighted by atomic mass is 10.1. The van der Waals surface area contributed by atoms with Crippen molar-refractivity contribution in [3.8, 4) is 5.75 Å². The number of para-hydroxylation sites is 1. The van der Waals surface area contributed by atoms with Crippen LogP contribution >= 0.6 is 11.8 Å². The molecule has 7 heteroatoms. The molecule has 5 aromatic rings. The number of H-pyrrole nitrogens is 1. The minimum Gasteiger partial charge on any atom is -0.494 e. The first-order chi connectivity index (χ1) is 18.2. The number of carbonyl (C=O) groups excluding carboxylic acids is 1. The first-order valence-corrected chi connectivity index (χ1v) is 12.9. The molecule has 0 aliphatic rings. The van der Waals surface area contributed by atoms with E-state index in [-0.39, 0.29) is 5.91 Å². The van der Waals surface area contributed by atoms with Crippen LogP contribution in [0, 0.1) is 0 Å². The first kappa shape index (κ1) is 24.3. The number of rotatable bonds is 9. The average molecular weight is 507 g/mol. The number of fused-ring (bicyclic) bond motifs is 1. The highest BCUT2D eigenvalue weighted by Crippen LogP contribution is 2.33. The van der Waals surface area contributed by atoms with Gasteiger partial charge in [0.25, 0.3) is 5.91 Å². The molecule has 2 N–H and O–H groups in total. The van der Waals surface area contributed by atoms with Crippen LogP contribution in [0.4, 0.5) is 0 Å². The van der Waals surface area contributed by atoms with E-state index >= 15 is 0 Å². The van der Waals surface area contributed by atoms with Crippen LogP contribution in [0.3, 0.4) is 0 Å². The van der Waals surface area contributed by atoms with E-state index in [4.69, 9.17) is 4.74 Å². The van der Waals surface area contributed by atoms with Gasteiger partial charge in [-0.3, -0.25) is 14.9 Å². The molecule has 5 rings (SSSR count). The monoisotopic (exact) mass is 506 g/mol. The van der Waals surface area contributed by atoms with E-state index in [1.54, 1.807) is 18.0 Å². The van der Waals surface area contributed by atoms with Crippen molar-refractivity contribution >= 4 is 40.7 Å². The molecule has 37 heavy (non-hydrogen) atoms. The fourth-order valence-corrected chi connectivity index (χ4v) is 4.92. The second kappa shape index (κ2) is 11.6. The van der Waals surface area contributed by atoms with Gasteiger partial charge in [-0.15, -0.1) is 0 Å². The number of amides is 1. The number of hydrogen-bond acceptors (Lipinski definition) is 5. The van der Waals surface area contributed by atoms with E-state index in [9.17, 15) is 4.79 Å². The van der Waals surface area contributed by atoms with Gasteiger partial charge in [-0.25, -0.2) is 0 Å². The Kier molecular flexibility index (Phi) is 7.62. The van der Waals surface area contributed by atoms with Gasteiger partial charge in [-0.2, -0.15) is 5.10 Å². The zero-order valence-corrected chi connectivity index (χ0v) is 21.2. The van der Waals surface area contributed by atoms with Crippen LogP contribution in [-0.4, -0.2) is 27.7 Å². The Bertz CT molecular complexity index is 1550. The molecule has 0 spiro atoms. The van der Waals surface area contributed by atoms with E-state index in [0.29, 0.717) is 18.7 Å². The van der Waals surface area contributed by atoms with Gasteiger partial charge in [0.05, 0.1) is 29.1 Å². The van der Waals surface area contributed by atoms with E-state index in [2.05, 4.69) is 26.6 Å². The lowest BCUT2D eigenvalue weighted by Crippen LogP contribution is -2.23. The van der Waals surface area contributed by atoms with Crippen LogP contribution in [-0.2, 0) is 6.54 Å². The predicted molar refractivity (Wildman–Crippen MR) is 149 cm³/mol. The molecule has 0 bridgehead atoms. The Morgan fingerprint density at radius 1 is 1.00 bits per heavy atom. The normalized spacial score (nSPS) is 11.2. The summed E-state index contributed by atoms with van der Waals surface area (Å²) in [6.07, 6.45) is 5.67. The van der Waals surface area contributed by atoms with E-state index in [1.807, 2.05) is 97.9 Å². The Balaban J connectivity index is 1.31. The van der Waals surface area contributed by atoms with E-state index in [1.165, 1.54) is 0 Å². The van der Waals surface area contributed by atoms with Gasteiger partial charge in [0.15, 0.2) is 0 Å². The van der Waals surface area contributed by atoms with Crippen LogP contribution in [0.5, 0.6) is 5.75 Å². The number of benzene rings is 3. The van der Waals surface area contributed by atoms with Gasteiger partial charge in [0.1, 0.15) is 5.75 Å². The fraction of sp³-hybridized carbons (Fsp3) is 0.100. The molecule has 6 nitrogen and oxygen atoms in total. The summed E-state index contributed by atoms with van der Waals surface area (Å²) in [6.45, 7) is 2.92. The van der Waals surface area contributed by atoms with Crippen molar-refractivity contribution in [3.63, 3.8) is 0 Å². The molecule has 0 aliphatic heterocycles. The third-order valence-corrected chi connectivity index (χ3v) is 6.80. The molecule has 184 valence electrons. The number of aromatic nitrogens is 3. The van der Waals surface area contributed by atoms with Crippen LogP contribution < -0.4 is 10.1 Å². The standard InChI is InChI=1S/C30H26N4O2S/c1-2-36-28-12-5-3-9-21(28)20-32-30(35)25-11-4-6-13-29(25)37-23-15-16-24-26(33-34-27(24)19-23)17-14-22-10-7-8-18-31-22/h3-19H,2,20H2,1H3,(H,32,35)(H,33,34)/b17-14+. The Morgan fingerprint density at radius 2 is 1.84 bits per heavy atom. The Hall–Kier alpha value is -4.36. The molecule has 3 aromatic carbocycles. The van der Waals surface area contributed by atoms with Crippen molar-refractivity contribution in [1.82, 2.24) is 20.5 Å². The summed E-state index contributed by atoms with van der Waals surface area (Å²) in [5.41, 5.74) is 4.23. The zero-order valence-electron chi connectivity index (χ0n) is 20.3. The summed E-state index contributed by atoms with van der Waals surface area (Å²) in [4.78, 5) is 19.3. The highest BCUT2D eigenvalue weighted by molar-refractivity contribution is 7.99. The molecule has 0 unspecified atom stereocenters. The van der Waals surface area contributed by atoms with E-state index < -0.39 is 0 Å². The Labute approximate surface area is 219 Å². The SMILES string of the molecule is CCOc1ccccc1CNC(=O)c1ccccc1Sc1ccc2c(/C=C/c3ccccn3)n[nH]c2c1. The highest BCUT2D eigenvalue weighted by Gasteiger charge is 2.14. The minimum absolute atomic E-state index is 0.126. The molecule has 0 fully saturated rings. The fourth-order valence-electron chi connectivity index (χ4n) is 3.94. The van der Waals surface area contributed by atoms with Gasteiger partial charge in [0, 0.05) is 33.5 Å². The molecular formula is C30H26N4O2S. The maximum Gasteiger partial charge on any atom is 0.252 e. The van der Waals surface area contributed by atoms with Gasteiger partial charge in [-0.05, 0) is 67.6 Å². The number of hydrogen-bond donors (Lipinski definition) is 2. The quantitative estimate of drug-likeness (QED) is 0.235. The number of nitrogens with zero attached hydrogens (tertiary/aromatic N) is 2. The number of pyridine rings is 1. The summed E-state index contributed by atoms with van der Waals surface area (Å²) < 4.78 is 5.68. The van der Waals surface area contributed by atoms with Crippen LogP contribution in [0.25, 0.3) is 23.1 Å². The lowest BCUT2D eigenvalue weighted by Gasteiger charge is -2.12. The topological polar surface area (TPSA) is 79.9 Å². The van der Waals surface area contributed by atoms with Gasteiger partial charge in [-0.1, -0.05) is 48.2 Å². The van der Waals surface area contributed by atoms with Crippen molar-refractivity contribution < 1.29 is 9.53 Å². The summed E-state index contributed by atoms with van der Waals surface area (Å²) in [5.74, 6) is 0.661. The van der Waals surface area contributed by atoms with Crippen LogP contribution in [0.2, 0.25) is 0 Å². The van der Waals surface area contributed by atoms with Crippen molar-refractivity contribution in [2.24, 2.45) is 0 Å². The van der Waals surface area contributed by atoms with Crippen molar-refractivity contribution in [3.05, 3.63) is 114 Å². The summed E-state index contributed by atoms with van der Waals surface area (Å²) in [5, 5.41) is 11.6. The molecular weight excluding hydrogens is 480 g/mol. The van der Waals surface area contributed by atoms with E-state index in [0.717, 1.165) is 43.4 Å². The molecule has 2 aromatic heterocycles. The smallest absolute Gasteiger partial charge is 0.252 e. The average Bonchev–Trinajstić information content (AvgIpc) is 3.34. The molecule has 0 saturated heterocycles. The number of ether oxygens (including phenoxy) is 1. The Morgan fingerprint density at radius 3 is 2.70 bits per heavy atom. The van der Waals surface area contributed by atoms with Gasteiger partial charge >= 0.3 is 0 Å². The van der Waals surface area contributed by atoms with Crippen LogP contribution in [0.1, 0.15) is 34.2 Å². The molecule has 1 amide bonds. The second-order valence-corrected chi connectivity index (χ2v) is 9.34. The highest BCUT2D eigenvalue weighted by atomic mass is 32.2. The van der Waals surface area contributed by atoms with Crippen molar-refractivity contribution in [1.29, 1.82) is 0 Å². The number of aromatic amines is 1. The summed E-state index contributed by atoms with van der Waals surface area (Å²) in [6, 6.07) is 27.3. The molecule has 0 atom stereocenters. The van der Waals surface area contributed by atoms with Gasteiger partial charge < -0.3 is 10.1 Å². The molecule has 2 heterocycles. The summed E-state index contributed by atoms with van der Waals surface area (Å²) in [7, 11) is 0. The lowest BCUT2D eigenvalue weighted by molar-refractivity contribution is 0.0947. The molecule has 0 radical (unpaired) electrons. The second-order valence-electron chi connectivity index (χ2n) is 8.23. The minimum atomic E-state index is -0.126. The first-order valence-electron chi connectivity index (χ1n) is 12.0. The van der Waals surface area contributed by atoms with Crippen LogP contribution in [0.15, 0.2) is 101 Å². The summed E-state index contributed by atoms with van der Waals surface area (Å²) >= 11 is 1.55. The largest absolute Gasteiger partial charge is 0.494 e. The maximum atomic E-state index is 13.1. The van der Waals surface area contributed by atoms with Crippen molar-refractivity contribution in [2.75, 3.05) is 6.61 Å².